The summed E-state index contributed by atoms with van der Waals surface area (Å²) < 4.78 is 10.5. The number of hydrogen-bond acceptors (Lipinski definition) is 5. The zero-order valence-electron chi connectivity index (χ0n) is 15.6. The second-order valence-corrected chi connectivity index (χ2v) is 6.60. The van der Waals surface area contributed by atoms with Crippen molar-refractivity contribution in [2.24, 2.45) is 11.1 Å². The standard InChI is InChI=1S/C21H24ClNO4/c1-16(21(24)25-2)23-27-15-19(11-18-9-6-10-20(22)12-18)14-26-13-17-7-4-3-5-8-17/h3-10,12,19H,11,13-15H2,1-2H3/b23-16+. The van der Waals surface area contributed by atoms with E-state index in [1.165, 1.54) is 7.11 Å². The van der Waals surface area contributed by atoms with Crippen molar-refractivity contribution in [1.29, 1.82) is 0 Å². The van der Waals surface area contributed by atoms with Gasteiger partial charge in [0.1, 0.15) is 6.61 Å². The minimum Gasteiger partial charge on any atom is -0.464 e. The Morgan fingerprint density at radius 2 is 1.81 bits per heavy atom. The lowest BCUT2D eigenvalue weighted by molar-refractivity contribution is -0.133. The fraction of sp³-hybridized carbons (Fsp3) is 0.333. The van der Waals surface area contributed by atoms with Gasteiger partial charge in [-0.15, -0.1) is 0 Å². The monoisotopic (exact) mass is 389 g/mol. The molecule has 27 heavy (non-hydrogen) atoms. The molecule has 2 rings (SSSR count). The summed E-state index contributed by atoms with van der Waals surface area (Å²) in [5, 5.41) is 4.51. The first kappa shape index (κ1) is 20.9. The second kappa shape index (κ2) is 11.4. The third-order valence-electron chi connectivity index (χ3n) is 3.87. The molecule has 5 nitrogen and oxygen atoms in total. The Balaban J connectivity index is 1.93. The average Bonchev–Trinajstić information content (AvgIpc) is 2.68. The Kier molecular flexibility index (Phi) is 8.81. The number of benzene rings is 2. The quantitative estimate of drug-likeness (QED) is 0.345. The summed E-state index contributed by atoms with van der Waals surface area (Å²) in [6.45, 7) is 2.88. The Bertz CT molecular complexity index is 749. The van der Waals surface area contributed by atoms with Crippen molar-refractivity contribution in [3.63, 3.8) is 0 Å². The Morgan fingerprint density at radius 1 is 1.07 bits per heavy atom. The molecule has 0 saturated carbocycles. The number of hydrogen-bond donors (Lipinski definition) is 0. The summed E-state index contributed by atoms with van der Waals surface area (Å²) in [6, 6.07) is 17.7. The van der Waals surface area contributed by atoms with Crippen LogP contribution in [-0.2, 0) is 32.1 Å². The van der Waals surface area contributed by atoms with Crippen molar-refractivity contribution in [3.8, 4) is 0 Å². The first-order chi connectivity index (χ1) is 13.1. The van der Waals surface area contributed by atoms with Crippen LogP contribution in [0.2, 0.25) is 5.02 Å². The van der Waals surface area contributed by atoms with Gasteiger partial charge in [-0.3, -0.25) is 0 Å². The number of halogens is 1. The fourth-order valence-electron chi connectivity index (χ4n) is 2.51. The fourth-order valence-corrected chi connectivity index (χ4v) is 2.72. The van der Waals surface area contributed by atoms with Gasteiger partial charge in [-0.1, -0.05) is 59.2 Å². The SMILES string of the molecule is COC(=O)/C(C)=N/OCC(COCc1ccccc1)Cc1cccc(Cl)c1. The molecule has 0 bridgehead atoms. The lowest BCUT2D eigenvalue weighted by atomic mass is 10.0. The smallest absolute Gasteiger partial charge is 0.355 e. The van der Waals surface area contributed by atoms with Crippen LogP contribution in [0.4, 0.5) is 0 Å². The van der Waals surface area contributed by atoms with Gasteiger partial charge in [-0.05, 0) is 36.6 Å². The van der Waals surface area contributed by atoms with E-state index in [0.29, 0.717) is 24.8 Å². The highest BCUT2D eigenvalue weighted by molar-refractivity contribution is 6.35. The highest BCUT2D eigenvalue weighted by Gasteiger charge is 2.13. The number of carbonyl (C=O) groups is 1. The number of oxime groups is 1. The number of rotatable bonds is 10. The number of esters is 1. The van der Waals surface area contributed by atoms with Crippen LogP contribution in [0, 0.1) is 5.92 Å². The maximum absolute atomic E-state index is 11.4. The van der Waals surface area contributed by atoms with E-state index in [1.54, 1.807) is 6.92 Å². The number of methoxy groups -OCH3 is 1. The summed E-state index contributed by atoms with van der Waals surface area (Å²) in [4.78, 5) is 16.7. The van der Waals surface area contributed by atoms with Gasteiger partial charge in [0.2, 0.25) is 0 Å². The van der Waals surface area contributed by atoms with Crippen molar-refractivity contribution >= 4 is 23.3 Å². The molecule has 0 heterocycles. The van der Waals surface area contributed by atoms with Crippen LogP contribution in [0.15, 0.2) is 59.8 Å². The van der Waals surface area contributed by atoms with E-state index in [0.717, 1.165) is 17.5 Å². The van der Waals surface area contributed by atoms with Crippen LogP contribution >= 0.6 is 11.6 Å². The van der Waals surface area contributed by atoms with E-state index >= 15 is 0 Å². The zero-order valence-corrected chi connectivity index (χ0v) is 16.3. The van der Waals surface area contributed by atoms with Gasteiger partial charge in [0.25, 0.3) is 0 Å². The summed E-state index contributed by atoms with van der Waals surface area (Å²) >= 11 is 6.07. The van der Waals surface area contributed by atoms with E-state index in [2.05, 4.69) is 9.89 Å². The van der Waals surface area contributed by atoms with E-state index in [4.69, 9.17) is 21.2 Å². The third kappa shape index (κ3) is 7.81. The zero-order chi connectivity index (χ0) is 19.5. The molecular formula is C21H24ClNO4. The predicted molar refractivity (Wildman–Crippen MR) is 106 cm³/mol. The first-order valence-electron chi connectivity index (χ1n) is 8.69. The van der Waals surface area contributed by atoms with E-state index in [1.807, 2.05) is 54.6 Å². The maximum Gasteiger partial charge on any atom is 0.355 e. The van der Waals surface area contributed by atoms with Crippen molar-refractivity contribution in [3.05, 3.63) is 70.7 Å². The number of nitrogens with zero attached hydrogens (tertiary/aromatic N) is 1. The normalized spacial score (nSPS) is 12.5. The highest BCUT2D eigenvalue weighted by atomic mass is 35.5. The van der Waals surface area contributed by atoms with Gasteiger partial charge in [0.15, 0.2) is 5.71 Å². The molecule has 0 N–H and O–H groups in total. The van der Waals surface area contributed by atoms with Crippen LogP contribution in [0.5, 0.6) is 0 Å². The maximum atomic E-state index is 11.4. The predicted octanol–water partition coefficient (Wildman–Crippen LogP) is 4.28. The van der Waals surface area contributed by atoms with Gasteiger partial charge in [-0.25, -0.2) is 4.79 Å². The Labute approximate surface area is 164 Å². The second-order valence-electron chi connectivity index (χ2n) is 6.16. The molecule has 1 atom stereocenters. The summed E-state index contributed by atoms with van der Waals surface area (Å²) in [7, 11) is 1.31. The van der Waals surface area contributed by atoms with Gasteiger partial charge in [0, 0.05) is 10.9 Å². The minimum absolute atomic E-state index is 0.0568. The van der Waals surface area contributed by atoms with Gasteiger partial charge in [-0.2, -0.15) is 0 Å². The van der Waals surface area contributed by atoms with E-state index < -0.39 is 5.97 Å². The lowest BCUT2D eigenvalue weighted by Crippen LogP contribution is -2.19. The van der Waals surface area contributed by atoms with Crippen molar-refractivity contribution < 1.29 is 19.1 Å². The molecule has 144 valence electrons. The van der Waals surface area contributed by atoms with Crippen LogP contribution in [0.1, 0.15) is 18.1 Å². The van der Waals surface area contributed by atoms with Gasteiger partial charge < -0.3 is 14.3 Å². The molecule has 0 aromatic heterocycles. The molecule has 0 radical (unpaired) electrons. The number of ether oxygens (including phenoxy) is 2. The molecule has 0 saturated heterocycles. The summed E-state index contributed by atoms with van der Waals surface area (Å²) in [6.07, 6.45) is 0.724. The van der Waals surface area contributed by atoms with Gasteiger partial charge >= 0.3 is 5.97 Å². The van der Waals surface area contributed by atoms with Crippen molar-refractivity contribution in [1.82, 2.24) is 0 Å². The highest BCUT2D eigenvalue weighted by Crippen LogP contribution is 2.16. The largest absolute Gasteiger partial charge is 0.464 e. The van der Waals surface area contributed by atoms with Crippen LogP contribution < -0.4 is 0 Å². The molecule has 0 aliphatic carbocycles. The Morgan fingerprint density at radius 3 is 2.52 bits per heavy atom. The molecule has 0 fully saturated rings. The third-order valence-corrected chi connectivity index (χ3v) is 4.11. The molecule has 1 unspecified atom stereocenters. The van der Waals surface area contributed by atoms with Crippen molar-refractivity contribution in [2.45, 2.75) is 20.0 Å². The molecule has 0 spiro atoms. The van der Waals surface area contributed by atoms with Gasteiger partial charge in [0.05, 0.1) is 20.3 Å². The van der Waals surface area contributed by atoms with Crippen LogP contribution in [0.25, 0.3) is 0 Å². The molecule has 2 aromatic rings. The van der Waals surface area contributed by atoms with E-state index in [-0.39, 0.29) is 11.6 Å². The molecule has 6 heteroatoms. The summed E-state index contributed by atoms with van der Waals surface area (Å²) in [5.41, 5.74) is 2.37. The van der Waals surface area contributed by atoms with E-state index in [9.17, 15) is 4.79 Å². The minimum atomic E-state index is -0.512. The topological polar surface area (TPSA) is 57.1 Å². The molecule has 0 aliphatic heterocycles. The van der Waals surface area contributed by atoms with Crippen LogP contribution in [-0.4, -0.2) is 32.0 Å². The molecule has 0 amide bonds. The molecule has 0 aliphatic rings. The molecule has 2 aromatic carbocycles. The lowest BCUT2D eigenvalue weighted by Gasteiger charge is -2.16. The average molecular weight is 390 g/mol. The Hall–Kier alpha value is -2.37. The summed E-state index contributed by atoms with van der Waals surface area (Å²) in [5.74, 6) is -0.455. The van der Waals surface area contributed by atoms with Crippen molar-refractivity contribution in [2.75, 3.05) is 20.3 Å². The number of carbonyl (C=O) groups excluding carboxylic acids is 1. The van der Waals surface area contributed by atoms with Crippen LogP contribution in [0.3, 0.4) is 0 Å². The first-order valence-corrected chi connectivity index (χ1v) is 9.07. The molecular weight excluding hydrogens is 366 g/mol.